The van der Waals surface area contributed by atoms with Crippen molar-refractivity contribution in [3.05, 3.63) is 65.6 Å². The summed E-state index contributed by atoms with van der Waals surface area (Å²) in [6, 6.07) is 14.6. The summed E-state index contributed by atoms with van der Waals surface area (Å²) < 4.78 is 6.65. The highest BCUT2D eigenvalue weighted by atomic mass is 16.5. The molecule has 0 aliphatic carbocycles. The summed E-state index contributed by atoms with van der Waals surface area (Å²) in [6.07, 6.45) is 1.26. The van der Waals surface area contributed by atoms with Gasteiger partial charge in [-0.2, -0.15) is 0 Å². The maximum absolute atomic E-state index is 12.4. The van der Waals surface area contributed by atoms with Crippen LogP contribution in [0, 0.1) is 12.1 Å². The fourth-order valence-electron chi connectivity index (χ4n) is 3.17. The zero-order valence-electron chi connectivity index (χ0n) is 17.1. The highest BCUT2D eigenvalue weighted by Gasteiger charge is 2.13. The zero-order valence-corrected chi connectivity index (χ0v) is 17.1. The number of aromatic nitrogens is 2. The molecule has 152 valence electrons. The van der Waals surface area contributed by atoms with E-state index in [1.165, 1.54) is 6.33 Å². The van der Waals surface area contributed by atoms with Crippen molar-refractivity contribution in [3.8, 4) is 34.0 Å². The van der Waals surface area contributed by atoms with Gasteiger partial charge in [-0.05, 0) is 60.9 Å². The molecule has 1 aromatic heterocycles. The van der Waals surface area contributed by atoms with Crippen molar-refractivity contribution >= 4 is 0 Å². The second kappa shape index (κ2) is 9.39. The van der Waals surface area contributed by atoms with Crippen LogP contribution < -0.4 is 9.47 Å². The van der Waals surface area contributed by atoms with E-state index >= 15 is 0 Å². The third-order valence-corrected chi connectivity index (χ3v) is 5.01. The number of likely N-dealkylation sites (N-methyl/N-ethyl adjacent to an activating group) is 1. The van der Waals surface area contributed by atoms with Gasteiger partial charge in [-0.3, -0.25) is 0 Å². The molecular weight excluding hydrogens is 366 g/mol. The van der Waals surface area contributed by atoms with Gasteiger partial charge >= 0.3 is 0 Å². The molecule has 0 saturated carbocycles. The highest BCUT2D eigenvalue weighted by Crippen LogP contribution is 2.27. The molecule has 0 saturated heterocycles. The second-order valence-corrected chi connectivity index (χ2v) is 6.89. The number of hydrogen-bond donors (Lipinski definition) is 1. The molecule has 0 spiro atoms. The van der Waals surface area contributed by atoms with Crippen LogP contribution in [-0.2, 0) is 0 Å². The summed E-state index contributed by atoms with van der Waals surface area (Å²) in [5, 5.41) is 22.1. The molecular formula is C23H27N3O3. The Morgan fingerprint density at radius 3 is 2.59 bits per heavy atom. The smallest absolute Gasteiger partial charge is 0.290 e. The first-order chi connectivity index (χ1) is 14.0. The minimum Gasteiger partial charge on any atom is -0.710 e. The third kappa shape index (κ3) is 5.03. The first kappa shape index (κ1) is 20.6. The minimum absolute atomic E-state index is 0.235. The summed E-state index contributed by atoms with van der Waals surface area (Å²) in [7, 11) is 0. The number of aryl methyl sites for hydroxylation is 1. The van der Waals surface area contributed by atoms with Crippen molar-refractivity contribution in [2.45, 2.75) is 20.8 Å². The van der Waals surface area contributed by atoms with E-state index in [9.17, 15) is 10.3 Å². The number of ether oxygens (including phenoxy) is 1. The van der Waals surface area contributed by atoms with Gasteiger partial charge in [0.15, 0.2) is 5.69 Å². The fourth-order valence-corrected chi connectivity index (χ4v) is 3.17. The monoisotopic (exact) mass is 393 g/mol. The molecule has 6 nitrogen and oxygen atoms in total. The number of aromatic hydroxyl groups is 1. The van der Waals surface area contributed by atoms with Crippen LogP contribution in [0.5, 0.6) is 11.5 Å². The molecule has 0 aliphatic heterocycles. The van der Waals surface area contributed by atoms with Crippen LogP contribution in [0.25, 0.3) is 22.5 Å². The Labute approximate surface area is 171 Å². The van der Waals surface area contributed by atoms with Gasteiger partial charge in [-0.25, -0.2) is 4.73 Å². The molecule has 0 unspecified atom stereocenters. The van der Waals surface area contributed by atoms with Gasteiger partial charge in [0.25, 0.3) is 6.33 Å². The van der Waals surface area contributed by atoms with Crippen LogP contribution >= 0.6 is 0 Å². The van der Waals surface area contributed by atoms with E-state index in [1.54, 1.807) is 18.2 Å². The Morgan fingerprint density at radius 2 is 1.86 bits per heavy atom. The molecule has 0 radical (unpaired) electrons. The van der Waals surface area contributed by atoms with Crippen molar-refractivity contribution in [3.63, 3.8) is 0 Å². The Kier molecular flexibility index (Phi) is 6.67. The van der Waals surface area contributed by atoms with E-state index in [2.05, 4.69) is 23.7 Å². The summed E-state index contributed by atoms with van der Waals surface area (Å²) in [4.78, 5) is 6.54. The number of nitrogens with zero attached hydrogens (tertiary/aromatic N) is 3. The van der Waals surface area contributed by atoms with E-state index in [4.69, 9.17) is 4.74 Å². The second-order valence-electron chi connectivity index (χ2n) is 6.89. The van der Waals surface area contributed by atoms with Crippen molar-refractivity contribution in [2.75, 3.05) is 26.2 Å². The topological polar surface area (TPSA) is 72.5 Å². The van der Waals surface area contributed by atoms with E-state index in [0.717, 1.165) is 46.8 Å². The molecule has 3 aromatic rings. The van der Waals surface area contributed by atoms with Crippen molar-refractivity contribution in [2.24, 2.45) is 0 Å². The van der Waals surface area contributed by atoms with Gasteiger partial charge < -0.3 is 20.0 Å². The maximum atomic E-state index is 12.4. The van der Waals surface area contributed by atoms with Crippen molar-refractivity contribution in [1.82, 2.24) is 9.88 Å². The molecule has 0 aliphatic rings. The lowest BCUT2D eigenvalue weighted by Crippen LogP contribution is -2.29. The molecule has 0 atom stereocenters. The predicted molar refractivity (Wildman–Crippen MR) is 114 cm³/mol. The quantitative estimate of drug-likeness (QED) is 0.466. The van der Waals surface area contributed by atoms with Crippen LogP contribution in [0.15, 0.2) is 54.9 Å². The van der Waals surface area contributed by atoms with E-state index < -0.39 is 0 Å². The maximum Gasteiger partial charge on any atom is 0.290 e. The Balaban J connectivity index is 1.84. The lowest BCUT2D eigenvalue weighted by molar-refractivity contribution is -0.597. The number of phenolic OH excluding ortho intramolecular Hbond substituents is 1. The van der Waals surface area contributed by atoms with E-state index in [0.29, 0.717) is 18.0 Å². The normalized spacial score (nSPS) is 11.0. The molecule has 29 heavy (non-hydrogen) atoms. The molecule has 0 amide bonds. The van der Waals surface area contributed by atoms with Crippen LogP contribution in [0.3, 0.4) is 0 Å². The van der Waals surface area contributed by atoms with Crippen LogP contribution in [0.4, 0.5) is 0 Å². The molecule has 0 bridgehead atoms. The number of benzene rings is 2. The van der Waals surface area contributed by atoms with Gasteiger partial charge in [0, 0.05) is 23.7 Å². The lowest BCUT2D eigenvalue weighted by atomic mass is 10.1. The summed E-state index contributed by atoms with van der Waals surface area (Å²) in [5.74, 6) is 0.965. The van der Waals surface area contributed by atoms with Gasteiger partial charge in [0.1, 0.15) is 23.8 Å². The molecule has 3 rings (SSSR count). The van der Waals surface area contributed by atoms with E-state index in [1.807, 2.05) is 37.3 Å². The zero-order chi connectivity index (χ0) is 20.8. The molecule has 0 fully saturated rings. The van der Waals surface area contributed by atoms with Crippen LogP contribution in [0.1, 0.15) is 19.4 Å². The largest absolute Gasteiger partial charge is 0.710 e. The summed E-state index contributed by atoms with van der Waals surface area (Å²) in [6.45, 7) is 9.53. The molecule has 6 heteroatoms. The summed E-state index contributed by atoms with van der Waals surface area (Å²) >= 11 is 0. The molecule has 1 heterocycles. The highest BCUT2D eigenvalue weighted by molar-refractivity contribution is 5.67. The van der Waals surface area contributed by atoms with Crippen molar-refractivity contribution < 1.29 is 14.6 Å². The number of hydrogen-bond acceptors (Lipinski definition) is 5. The Hall–Kier alpha value is -3.12. The Morgan fingerprint density at radius 1 is 1.07 bits per heavy atom. The molecule has 1 N–H and O–H groups in total. The van der Waals surface area contributed by atoms with E-state index in [-0.39, 0.29) is 5.75 Å². The Bertz CT molecular complexity index is 971. The van der Waals surface area contributed by atoms with Crippen LogP contribution in [0.2, 0.25) is 0 Å². The predicted octanol–water partition coefficient (Wildman–Crippen LogP) is 3.78. The SMILES string of the molecule is CCN(CC)CCOc1cccc(-c2cc(-c3ccc(O)c(C)c3)nc[n+]2[O-])c1. The average Bonchev–Trinajstić information content (AvgIpc) is 2.74. The standard InChI is InChI=1S/C23H27N3O3/c1-4-25(5-2)11-12-29-20-8-6-7-19(14-20)22-15-21(24-16-26(22)28)18-9-10-23(27)17(3)13-18/h6-10,13-16,27H,4-5,11-12H2,1-3H3. The lowest BCUT2D eigenvalue weighted by Gasteiger charge is -2.18. The van der Waals surface area contributed by atoms with Gasteiger partial charge in [0.2, 0.25) is 0 Å². The number of rotatable bonds is 8. The first-order valence-corrected chi connectivity index (χ1v) is 9.86. The van der Waals surface area contributed by atoms with Gasteiger partial charge in [0.05, 0.1) is 0 Å². The summed E-state index contributed by atoms with van der Waals surface area (Å²) in [5.41, 5.74) is 3.53. The van der Waals surface area contributed by atoms with Gasteiger partial charge in [-0.1, -0.05) is 26.0 Å². The first-order valence-electron chi connectivity index (χ1n) is 9.86. The van der Waals surface area contributed by atoms with Crippen LogP contribution in [-0.4, -0.2) is 41.2 Å². The minimum atomic E-state index is 0.235. The third-order valence-electron chi connectivity index (χ3n) is 5.01. The average molecular weight is 393 g/mol. The number of phenols is 1. The molecule has 2 aromatic carbocycles. The van der Waals surface area contributed by atoms with Crippen molar-refractivity contribution in [1.29, 1.82) is 0 Å². The fraction of sp³-hybridized carbons (Fsp3) is 0.304. The van der Waals surface area contributed by atoms with Gasteiger partial charge in [-0.15, -0.1) is 0 Å².